The summed E-state index contributed by atoms with van der Waals surface area (Å²) in [4.78, 5) is 23.7. The second-order valence-electron chi connectivity index (χ2n) is 6.12. The SMILES string of the molecule is C=CCC(C)C(=O)OC1CCC(OC(=O)C(C)CC=C)CC1. The van der Waals surface area contributed by atoms with Gasteiger partial charge in [0.15, 0.2) is 0 Å². The van der Waals surface area contributed by atoms with Crippen LogP contribution in [0.25, 0.3) is 0 Å². The monoisotopic (exact) mass is 308 g/mol. The highest BCUT2D eigenvalue weighted by molar-refractivity contribution is 5.72. The summed E-state index contributed by atoms with van der Waals surface area (Å²) in [5, 5.41) is 0. The lowest BCUT2D eigenvalue weighted by Gasteiger charge is -2.29. The van der Waals surface area contributed by atoms with E-state index in [9.17, 15) is 9.59 Å². The van der Waals surface area contributed by atoms with Gasteiger partial charge in [0.1, 0.15) is 12.2 Å². The van der Waals surface area contributed by atoms with Crippen LogP contribution in [-0.4, -0.2) is 24.1 Å². The fourth-order valence-corrected chi connectivity index (χ4v) is 2.52. The zero-order chi connectivity index (χ0) is 16.5. The molecule has 0 N–H and O–H groups in total. The number of hydrogen-bond acceptors (Lipinski definition) is 4. The van der Waals surface area contributed by atoms with Gasteiger partial charge in [0, 0.05) is 0 Å². The van der Waals surface area contributed by atoms with Gasteiger partial charge in [-0.25, -0.2) is 0 Å². The normalized spacial score (nSPS) is 23.9. The minimum absolute atomic E-state index is 0.0553. The standard InChI is InChI=1S/C18H28O4/c1-5-7-13(3)17(19)21-15-9-11-16(12-10-15)22-18(20)14(4)8-6-2/h5-6,13-16H,1-2,7-12H2,3-4H3. The van der Waals surface area contributed by atoms with Crippen LogP contribution in [0, 0.1) is 11.8 Å². The first-order valence-electron chi connectivity index (χ1n) is 8.10. The highest BCUT2D eigenvalue weighted by Crippen LogP contribution is 2.25. The maximum Gasteiger partial charge on any atom is 0.309 e. The molecule has 0 aromatic heterocycles. The van der Waals surface area contributed by atoms with Gasteiger partial charge in [-0.2, -0.15) is 0 Å². The third-order valence-electron chi connectivity index (χ3n) is 4.03. The van der Waals surface area contributed by atoms with Gasteiger partial charge in [-0.15, -0.1) is 13.2 Å². The zero-order valence-electron chi connectivity index (χ0n) is 13.8. The lowest BCUT2D eigenvalue weighted by atomic mass is 9.94. The van der Waals surface area contributed by atoms with Gasteiger partial charge in [0.2, 0.25) is 0 Å². The Bertz CT molecular complexity index is 356. The number of carbonyl (C=O) groups is 2. The van der Waals surface area contributed by atoms with Crippen LogP contribution in [0.1, 0.15) is 52.4 Å². The van der Waals surface area contributed by atoms with Crippen molar-refractivity contribution >= 4 is 11.9 Å². The Balaban J connectivity index is 2.31. The molecular weight excluding hydrogens is 280 g/mol. The van der Waals surface area contributed by atoms with E-state index < -0.39 is 0 Å². The summed E-state index contributed by atoms with van der Waals surface area (Å²) in [6, 6.07) is 0. The van der Waals surface area contributed by atoms with Crippen molar-refractivity contribution < 1.29 is 19.1 Å². The molecule has 0 aromatic rings. The molecule has 0 saturated heterocycles. The lowest BCUT2D eigenvalue weighted by Crippen LogP contribution is -2.32. The summed E-state index contributed by atoms with van der Waals surface area (Å²) < 4.78 is 11.0. The van der Waals surface area contributed by atoms with Crippen LogP contribution in [-0.2, 0) is 19.1 Å². The van der Waals surface area contributed by atoms with Crippen molar-refractivity contribution in [3.8, 4) is 0 Å². The van der Waals surface area contributed by atoms with Crippen LogP contribution in [0.15, 0.2) is 25.3 Å². The van der Waals surface area contributed by atoms with E-state index >= 15 is 0 Å². The van der Waals surface area contributed by atoms with E-state index in [1.807, 2.05) is 13.8 Å². The summed E-state index contributed by atoms with van der Waals surface area (Å²) >= 11 is 0. The van der Waals surface area contributed by atoms with Crippen molar-refractivity contribution in [2.24, 2.45) is 11.8 Å². The molecule has 1 saturated carbocycles. The molecule has 1 aliphatic rings. The molecule has 0 aromatic carbocycles. The molecule has 1 aliphatic carbocycles. The first kappa shape index (κ1) is 18.5. The number of rotatable bonds is 8. The largest absolute Gasteiger partial charge is 0.462 e. The summed E-state index contributed by atoms with van der Waals surface area (Å²) in [6.07, 6.45) is 7.61. The molecule has 124 valence electrons. The van der Waals surface area contributed by atoms with Crippen molar-refractivity contribution in [1.29, 1.82) is 0 Å². The zero-order valence-corrected chi connectivity index (χ0v) is 13.8. The first-order valence-corrected chi connectivity index (χ1v) is 8.10. The summed E-state index contributed by atoms with van der Waals surface area (Å²) in [6.45, 7) is 11.0. The summed E-state index contributed by atoms with van der Waals surface area (Å²) in [7, 11) is 0. The maximum absolute atomic E-state index is 11.9. The Kier molecular flexibility index (Phi) is 7.92. The van der Waals surface area contributed by atoms with E-state index in [0.29, 0.717) is 12.8 Å². The number of hydrogen-bond donors (Lipinski definition) is 0. The average Bonchev–Trinajstić information content (AvgIpc) is 2.49. The molecule has 2 atom stereocenters. The number of esters is 2. The predicted molar refractivity (Wildman–Crippen MR) is 86.2 cm³/mol. The van der Waals surface area contributed by atoms with Gasteiger partial charge in [-0.05, 0) is 38.5 Å². The molecule has 4 nitrogen and oxygen atoms in total. The minimum atomic E-state index is -0.167. The van der Waals surface area contributed by atoms with Crippen molar-refractivity contribution in [3.63, 3.8) is 0 Å². The third-order valence-corrected chi connectivity index (χ3v) is 4.03. The molecule has 0 bridgehead atoms. The van der Waals surface area contributed by atoms with Crippen molar-refractivity contribution in [1.82, 2.24) is 0 Å². The van der Waals surface area contributed by atoms with Crippen molar-refractivity contribution in [2.45, 2.75) is 64.6 Å². The van der Waals surface area contributed by atoms with Gasteiger partial charge < -0.3 is 9.47 Å². The van der Waals surface area contributed by atoms with Gasteiger partial charge in [0.05, 0.1) is 11.8 Å². The molecule has 1 fully saturated rings. The number of ether oxygens (including phenoxy) is 2. The molecule has 2 unspecified atom stereocenters. The maximum atomic E-state index is 11.9. The van der Waals surface area contributed by atoms with Gasteiger partial charge in [0.25, 0.3) is 0 Å². The Hall–Kier alpha value is -1.58. The van der Waals surface area contributed by atoms with Crippen LogP contribution < -0.4 is 0 Å². The molecular formula is C18H28O4. The lowest BCUT2D eigenvalue weighted by molar-refractivity contribution is -0.162. The summed E-state index contributed by atoms with van der Waals surface area (Å²) in [5.41, 5.74) is 0. The second kappa shape index (κ2) is 9.44. The molecule has 0 aliphatic heterocycles. The van der Waals surface area contributed by atoms with Gasteiger partial charge >= 0.3 is 11.9 Å². The Morgan fingerprint density at radius 1 is 0.909 bits per heavy atom. The molecule has 4 heteroatoms. The fourth-order valence-electron chi connectivity index (χ4n) is 2.52. The smallest absolute Gasteiger partial charge is 0.309 e. The molecule has 22 heavy (non-hydrogen) atoms. The topological polar surface area (TPSA) is 52.6 Å². The van der Waals surface area contributed by atoms with E-state index in [1.165, 1.54) is 0 Å². The van der Waals surface area contributed by atoms with Gasteiger partial charge in [-0.1, -0.05) is 26.0 Å². The number of allylic oxidation sites excluding steroid dienone is 2. The third kappa shape index (κ3) is 6.04. The molecule has 0 heterocycles. The van der Waals surface area contributed by atoms with Crippen LogP contribution in [0.2, 0.25) is 0 Å². The van der Waals surface area contributed by atoms with Crippen molar-refractivity contribution in [3.05, 3.63) is 25.3 Å². The molecule has 0 spiro atoms. The Morgan fingerprint density at radius 2 is 1.23 bits per heavy atom. The quantitative estimate of drug-likeness (QED) is 0.505. The van der Waals surface area contributed by atoms with Crippen LogP contribution >= 0.6 is 0 Å². The highest BCUT2D eigenvalue weighted by atomic mass is 16.6. The second-order valence-corrected chi connectivity index (χ2v) is 6.12. The average molecular weight is 308 g/mol. The van der Waals surface area contributed by atoms with Crippen LogP contribution in [0.5, 0.6) is 0 Å². The minimum Gasteiger partial charge on any atom is -0.462 e. The van der Waals surface area contributed by atoms with E-state index in [1.54, 1.807) is 12.2 Å². The van der Waals surface area contributed by atoms with E-state index in [2.05, 4.69) is 13.2 Å². The van der Waals surface area contributed by atoms with E-state index in [0.717, 1.165) is 25.7 Å². The first-order chi connectivity index (χ1) is 10.5. The van der Waals surface area contributed by atoms with E-state index in [-0.39, 0.29) is 36.0 Å². The predicted octanol–water partition coefficient (Wildman–Crippen LogP) is 3.81. The fraction of sp³-hybridized carbons (Fsp3) is 0.667. The van der Waals surface area contributed by atoms with Gasteiger partial charge in [-0.3, -0.25) is 9.59 Å². The molecule has 0 amide bonds. The Labute approximate surface area is 133 Å². The summed E-state index contributed by atoms with van der Waals surface area (Å²) in [5.74, 6) is -0.625. The van der Waals surface area contributed by atoms with Crippen molar-refractivity contribution in [2.75, 3.05) is 0 Å². The number of carbonyl (C=O) groups excluding carboxylic acids is 2. The molecule has 1 rings (SSSR count). The van der Waals surface area contributed by atoms with Crippen LogP contribution in [0.4, 0.5) is 0 Å². The molecule has 0 radical (unpaired) electrons. The van der Waals surface area contributed by atoms with E-state index in [4.69, 9.17) is 9.47 Å². The van der Waals surface area contributed by atoms with Crippen LogP contribution in [0.3, 0.4) is 0 Å². The Morgan fingerprint density at radius 3 is 1.50 bits per heavy atom. The highest BCUT2D eigenvalue weighted by Gasteiger charge is 2.28.